The van der Waals surface area contributed by atoms with Crippen molar-refractivity contribution in [2.24, 2.45) is 5.92 Å². The van der Waals surface area contributed by atoms with Crippen molar-refractivity contribution >= 4 is 11.9 Å². The number of aliphatic carboxylic acids is 1. The van der Waals surface area contributed by atoms with Crippen molar-refractivity contribution in [3.8, 4) is 11.5 Å². The number of ether oxygens (including phenoxy) is 3. The molecule has 3 rings (SSSR count). The Morgan fingerprint density at radius 2 is 2.24 bits per heavy atom. The molecule has 0 unspecified atom stereocenters. The minimum absolute atomic E-state index is 0.00819. The van der Waals surface area contributed by atoms with E-state index in [4.69, 9.17) is 19.3 Å². The number of fused-ring (bicyclic) bond motifs is 1. The molecule has 7 nitrogen and oxygen atoms in total. The van der Waals surface area contributed by atoms with E-state index < -0.39 is 12.1 Å². The molecule has 0 bridgehead atoms. The summed E-state index contributed by atoms with van der Waals surface area (Å²) in [5, 5.41) is 8.90. The second-order valence-electron chi connectivity index (χ2n) is 6.29. The number of carboxylic acid groups (broad SMARTS) is 1. The Hall–Kier alpha value is -2.28. The van der Waals surface area contributed by atoms with Gasteiger partial charge < -0.3 is 24.2 Å². The van der Waals surface area contributed by atoms with E-state index in [1.54, 1.807) is 4.90 Å². The van der Waals surface area contributed by atoms with Gasteiger partial charge in [-0.1, -0.05) is 0 Å². The van der Waals surface area contributed by atoms with Crippen molar-refractivity contribution in [2.75, 3.05) is 32.9 Å². The summed E-state index contributed by atoms with van der Waals surface area (Å²) in [5.74, 6) is 0.362. The quantitative estimate of drug-likeness (QED) is 0.863. The van der Waals surface area contributed by atoms with Gasteiger partial charge in [-0.2, -0.15) is 0 Å². The normalized spacial score (nSPS) is 22.7. The largest absolute Gasteiger partial charge is 0.494 e. The maximum Gasteiger partial charge on any atom is 0.306 e. The van der Waals surface area contributed by atoms with Gasteiger partial charge in [-0.15, -0.1) is 0 Å². The third kappa shape index (κ3) is 4.22. The van der Waals surface area contributed by atoms with E-state index in [-0.39, 0.29) is 18.2 Å². The van der Waals surface area contributed by atoms with E-state index in [0.717, 1.165) is 17.1 Å². The highest BCUT2D eigenvalue weighted by atomic mass is 16.5. The van der Waals surface area contributed by atoms with Gasteiger partial charge in [0.1, 0.15) is 18.1 Å². The highest BCUT2D eigenvalue weighted by Gasteiger charge is 2.33. The Bertz CT molecular complexity index is 646. The zero-order chi connectivity index (χ0) is 17.8. The molecule has 1 saturated heterocycles. The van der Waals surface area contributed by atoms with Crippen LogP contribution in [0.25, 0.3) is 0 Å². The van der Waals surface area contributed by atoms with Gasteiger partial charge in [0, 0.05) is 13.1 Å². The van der Waals surface area contributed by atoms with Crippen LogP contribution >= 0.6 is 0 Å². The molecule has 1 N–H and O–H groups in total. The second-order valence-corrected chi connectivity index (χ2v) is 6.29. The van der Waals surface area contributed by atoms with Crippen LogP contribution in [0.5, 0.6) is 11.5 Å². The van der Waals surface area contributed by atoms with Crippen LogP contribution in [0, 0.1) is 5.92 Å². The van der Waals surface area contributed by atoms with Gasteiger partial charge in [0.2, 0.25) is 5.91 Å². The summed E-state index contributed by atoms with van der Waals surface area (Å²) in [6.07, 6.45) is 0.0539. The molecule has 2 heterocycles. The molecule has 0 saturated carbocycles. The number of amides is 1. The van der Waals surface area contributed by atoms with Crippen molar-refractivity contribution in [3.05, 3.63) is 23.8 Å². The first-order valence-electron chi connectivity index (χ1n) is 8.57. The Morgan fingerprint density at radius 3 is 3.00 bits per heavy atom. The Morgan fingerprint density at radius 1 is 1.40 bits per heavy atom. The van der Waals surface area contributed by atoms with Crippen LogP contribution in [0.3, 0.4) is 0 Å². The van der Waals surface area contributed by atoms with Crippen LogP contribution in [0.1, 0.15) is 18.9 Å². The molecule has 2 aliphatic rings. The van der Waals surface area contributed by atoms with E-state index >= 15 is 0 Å². The SMILES string of the molecule is CCOc1ccc2c(c1)C[C@@H](C(=O)N1CCO[C@@H](CC(=O)O)C1)CO2. The lowest BCUT2D eigenvalue weighted by Crippen LogP contribution is -2.50. The van der Waals surface area contributed by atoms with E-state index in [9.17, 15) is 9.59 Å². The molecule has 0 radical (unpaired) electrons. The van der Waals surface area contributed by atoms with Gasteiger partial charge in [-0.05, 0) is 37.1 Å². The topological polar surface area (TPSA) is 85.3 Å². The van der Waals surface area contributed by atoms with Gasteiger partial charge in [-0.25, -0.2) is 0 Å². The van der Waals surface area contributed by atoms with E-state index in [1.807, 2.05) is 25.1 Å². The van der Waals surface area contributed by atoms with Gasteiger partial charge in [-0.3, -0.25) is 9.59 Å². The number of carbonyl (C=O) groups excluding carboxylic acids is 1. The van der Waals surface area contributed by atoms with Gasteiger partial charge in [0.25, 0.3) is 0 Å². The van der Waals surface area contributed by atoms with Crippen molar-refractivity contribution in [2.45, 2.75) is 25.9 Å². The fourth-order valence-corrected chi connectivity index (χ4v) is 3.28. The maximum absolute atomic E-state index is 12.8. The van der Waals surface area contributed by atoms with E-state index in [2.05, 4.69) is 0 Å². The fraction of sp³-hybridized carbons (Fsp3) is 0.556. The van der Waals surface area contributed by atoms with Crippen LogP contribution in [-0.4, -0.2) is 60.9 Å². The van der Waals surface area contributed by atoms with Gasteiger partial charge >= 0.3 is 5.97 Å². The molecule has 0 spiro atoms. The van der Waals surface area contributed by atoms with Crippen molar-refractivity contribution < 1.29 is 28.9 Å². The Kier molecular flexibility index (Phi) is 5.43. The van der Waals surface area contributed by atoms with Crippen LogP contribution in [-0.2, 0) is 20.7 Å². The number of carboxylic acids is 1. The predicted molar refractivity (Wildman–Crippen MR) is 88.9 cm³/mol. The average molecular weight is 349 g/mol. The van der Waals surface area contributed by atoms with E-state index in [1.165, 1.54) is 0 Å². The molecular weight excluding hydrogens is 326 g/mol. The maximum atomic E-state index is 12.8. The molecule has 25 heavy (non-hydrogen) atoms. The zero-order valence-electron chi connectivity index (χ0n) is 14.3. The minimum Gasteiger partial charge on any atom is -0.494 e. The molecule has 7 heteroatoms. The first kappa shape index (κ1) is 17.5. The summed E-state index contributed by atoms with van der Waals surface area (Å²) in [5.41, 5.74) is 0.964. The van der Waals surface area contributed by atoms with E-state index in [0.29, 0.717) is 39.3 Å². The summed E-state index contributed by atoms with van der Waals surface area (Å²) in [4.78, 5) is 25.4. The molecule has 1 fully saturated rings. The highest BCUT2D eigenvalue weighted by Crippen LogP contribution is 2.31. The average Bonchev–Trinajstić information content (AvgIpc) is 2.60. The minimum atomic E-state index is -0.919. The number of carbonyl (C=O) groups is 2. The smallest absolute Gasteiger partial charge is 0.306 e. The monoisotopic (exact) mass is 349 g/mol. The van der Waals surface area contributed by atoms with Crippen molar-refractivity contribution in [3.63, 3.8) is 0 Å². The van der Waals surface area contributed by atoms with Crippen LogP contribution < -0.4 is 9.47 Å². The zero-order valence-corrected chi connectivity index (χ0v) is 14.3. The first-order valence-corrected chi connectivity index (χ1v) is 8.57. The molecule has 2 aliphatic heterocycles. The lowest BCUT2D eigenvalue weighted by Gasteiger charge is -2.35. The van der Waals surface area contributed by atoms with Crippen LogP contribution in [0.15, 0.2) is 18.2 Å². The number of morpholine rings is 1. The lowest BCUT2D eigenvalue weighted by molar-refractivity contribution is -0.150. The highest BCUT2D eigenvalue weighted by molar-refractivity contribution is 5.80. The Balaban J connectivity index is 1.65. The molecule has 0 aliphatic carbocycles. The molecular formula is C18H23NO6. The van der Waals surface area contributed by atoms with Gasteiger partial charge in [0.15, 0.2) is 0 Å². The standard InChI is InChI=1S/C18H23NO6/c1-2-23-14-3-4-16-12(8-14)7-13(11-25-16)18(22)19-5-6-24-15(10-19)9-17(20)21/h3-4,8,13,15H,2,5-7,9-11H2,1H3,(H,20,21)/t13-,15+/m1/s1. The molecule has 2 atom stereocenters. The summed E-state index contributed by atoms with van der Waals surface area (Å²) in [6.45, 7) is 4.00. The first-order chi connectivity index (χ1) is 12.1. The third-order valence-corrected chi connectivity index (χ3v) is 4.45. The van der Waals surface area contributed by atoms with Crippen molar-refractivity contribution in [1.29, 1.82) is 0 Å². The van der Waals surface area contributed by atoms with Gasteiger partial charge in [0.05, 0.1) is 31.7 Å². The summed E-state index contributed by atoms with van der Waals surface area (Å²) < 4.78 is 16.7. The fourth-order valence-electron chi connectivity index (χ4n) is 3.28. The summed E-state index contributed by atoms with van der Waals surface area (Å²) in [6, 6.07) is 5.66. The van der Waals surface area contributed by atoms with Crippen LogP contribution in [0.2, 0.25) is 0 Å². The number of benzene rings is 1. The summed E-state index contributed by atoms with van der Waals surface area (Å²) >= 11 is 0. The molecule has 1 aromatic carbocycles. The predicted octanol–water partition coefficient (Wildman–Crippen LogP) is 1.34. The Labute approximate surface area is 146 Å². The summed E-state index contributed by atoms with van der Waals surface area (Å²) in [7, 11) is 0. The third-order valence-electron chi connectivity index (χ3n) is 4.45. The lowest BCUT2D eigenvalue weighted by atomic mass is 9.95. The molecule has 136 valence electrons. The molecule has 0 aromatic heterocycles. The molecule has 1 amide bonds. The number of hydrogen-bond acceptors (Lipinski definition) is 5. The second kappa shape index (κ2) is 7.74. The number of hydrogen-bond donors (Lipinski definition) is 1. The molecule has 1 aromatic rings. The van der Waals surface area contributed by atoms with Crippen LogP contribution in [0.4, 0.5) is 0 Å². The number of nitrogens with zero attached hydrogens (tertiary/aromatic N) is 1. The van der Waals surface area contributed by atoms with Crippen molar-refractivity contribution in [1.82, 2.24) is 4.90 Å². The number of rotatable bonds is 5.